The van der Waals surface area contributed by atoms with Gasteiger partial charge in [0.25, 0.3) is 0 Å². The largest absolute Gasteiger partial charge is 0.493 e. The lowest BCUT2D eigenvalue weighted by Gasteiger charge is -2.32. The summed E-state index contributed by atoms with van der Waals surface area (Å²) in [5.41, 5.74) is 2.65. The Morgan fingerprint density at radius 1 is 1.00 bits per heavy atom. The molecule has 4 nitrogen and oxygen atoms in total. The van der Waals surface area contributed by atoms with Gasteiger partial charge in [-0.15, -0.1) is 0 Å². The summed E-state index contributed by atoms with van der Waals surface area (Å²) in [6.07, 6.45) is 2.29. The van der Waals surface area contributed by atoms with Gasteiger partial charge in [-0.25, -0.2) is 0 Å². The van der Waals surface area contributed by atoms with Crippen molar-refractivity contribution in [2.45, 2.75) is 19.8 Å². The van der Waals surface area contributed by atoms with E-state index in [0.717, 1.165) is 17.9 Å². The van der Waals surface area contributed by atoms with Crippen LogP contribution in [0.15, 0.2) is 12.1 Å². The average molecular weight is 292 g/mol. The lowest BCUT2D eigenvalue weighted by molar-refractivity contribution is 0.153. The van der Waals surface area contributed by atoms with Gasteiger partial charge in [0.1, 0.15) is 0 Å². The fraction of sp³-hybridized carbons (Fsp3) is 0.647. The molecule has 4 heteroatoms. The molecule has 0 saturated carbocycles. The summed E-state index contributed by atoms with van der Waals surface area (Å²) in [6, 6.07) is 4.20. The molecule has 0 bridgehead atoms. The van der Waals surface area contributed by atoms with E-state index >= 15 is 0 Å². The normalized spacial score (nSPS) is 17.0. The van der Waals surface area contributed by atoms with E-state index in [9.17, 15) is 0 Å². The number of hydrogen-bond acceptors (Lipinski definition) is 4. The number of hydrogen-bond donors (Lipinski definition) is 0. The summed E-state index contributed by atoms with van der Waals surface area (Å²) < 4.78 is 10.7. The monoisotopic (exact) mass is 292 g/mol. The van der Waals surface area contributed by atoms with E-state index < -0.39 is 0 Å². The van der Waals surface area contributed by atoms with Gasteiger partial charge in [-0.2, -0.15) is 0 Å². The van der Waals surface area contributed by atoms with Crippen LogP contribution in [0, 0.1) is 6.92 Å². The summed E-state index contributed by atoms with van der Waals surface area (Å²) in [5.74, 6) is 1.65. The minimum Gasteiger partial charge on any atom is -0.493 e. The lowest BCUT2D eigenvalue weighted by Crippen LogP contribution is -2.44. The Labute approximate surface area is 128 Å². The highest BCUT2D eigenvalue weighted by atomic mass is 16.5. The van der Waals surface area contributed by atoms with Crippen LogP contribution >= 0.6 is 0 Å². The summed E-state index contributed by atoms with van der Waals surface area (Å²) in [7, 11) is 5.58. The fourth-order valence-electron chi connectivity index (χ4n) is 2.86. The summed E-state index contributed by atoms with van der Waals surface area (Å²) >= 11 is 0. The van der Waals surface area contributed by atoms with Gasteiger partial charge in [-0.1, -0.05) is 0 Å². The maximum atomic E-state index is 5.40. The molecule has 0 unspecified atom stereocenters. The molecule has 118 valence electrons. The third-order valence-corrected chi connectivity index (χ3v) is 4.36. The minimum absolute atomic E-state index is 0.817. The quantitative estimate of drug-likeness (QED) is 0.802. The predicted molar refractivity (Wildman–Crippen MR) is 86.5 cm³/mol. The van der Waals surface area contributed by atoms with Gasteiger partial charge in [0.05, 0.1) is 14.2 Å². The minimum atomic E-state index is 0.817. The van der Waals surface area contributed by atoms with Gasteiger partial charge in [-0.3, -0.25) is 0 Å². The molecule has 1 aliphatic rings. The summed E-state index contributed by atoms with van der Waals surface area (Å²) in [6.45, 7) is 8.10. The highest BCUT2D eigenvalue weighted by Crippen LogP contribution is 2.30. The van der Waals surface area contributed by atoms with E-state index in [1.54, 1.807) is 14.2 Å². The van der Waals surface area contributed by atoms with Crippen LogP contribution in [-0.2, 0) is 6.42 Å². The van der Waals surface area contributed by atoms with Crippen molar-refractivity contribution >= 4 is 0 Å². The second-order valence-corrected chi connectivity index (χ2v) is 5.88. The van der Waals surface area contributed by atoms with Crippen LogP contribution in [0.25, 0.3) is 0 Å². The molecule has 1 saturated heterocycles. The maximum Gasteiger partial charge on any atom is 0.161 e. The Kier molecular flexibility index (Phi) is 5.88. The van der Waals surface area contributed by atoms with Gasteiger partial charge in [0, 0.05) is 26.2 Å². The maximum absolute atomic E-state index is 5.40. The molecule has 0 aromatic heterocycles. The van der Waals surface area contributed by atoms with E-state index in [0.29, 0.717) is 0 Å². The molecule has 0 aliphatic carbocycles. The molecule has 1 fully saturated rings. The number of benzene rings is 1. The second-order valence-electron chi connectivity index (χ2n) is 5.88. The Morgan fingerprint density at radius 3 is 2.24 bits per heavy atom. The van der Waals surface area contributed by atoms with Crippen molar-refractivity contribution in [2.24, 2.45) is 0 Å². The molecule has 0 amide bonds. The van der Waals surface area contributed by atoms with Crippen LogP contribution < -0.4 is 9.47 Å². The van der Waals surface area contributed by atoms with Crippen LogP contribution in [0.4, 0.5) is 0 Å². The Morgan fingerprint density at radius 2 is 1.62 bits per heavy atom. The number of piperazine rings is 1. The van der Waals surface area contributed by atoms with Gasteiger partial charge in [0.15, 0.2) is 11.5 Å². The van der Waals surface area contributed by atoms with Gasteiger partial charge < -0.3 is 19.3 Å². The lowest BCUT2D eigenvalue weighted by atomic mass is 10.0. The van der Waals surface area contributed by atoms with Gasteiger partial charge in [-0.05, 0) is 56.6 Å². The molecule has 1 heterocycles. The van der Waals surface area contributed by atoms with Crippen molar-refractivity contribution in [1.29, 1.82) is 0 Å². The fourth-order valence-corrected chi connectivity index (χ4v) is 2.86. The van der Waals surface area contributed by atoms with Crippen molar-refractivity contribution in [3.8, 4) is 11.5 Å². The molecule has 0 spiro atoms. The molecule has 1 aliphatic heterocycles. The summed E-state index contributed by atoms with van der Waals surface area (Å²) in [4.78, 5) is 4.96. The smallest absolute Gasteiger partial charge is 0.161 e. The van der Waals surface area contributed by atoms with Crippen LogP contribution in [0.5, 0.6) is 11.5 Å². The number of likely N-dealkylation sites (N-methyl/N-ethyl adjacent to an activating group) is 1. The summed E-state index contributed by atoms with van der Waals surface area (Å²) in [5, 5.41) is 0. The highest BCUT2D eigenvalue weighted by molar-refractivity contribution is 5.47. The van der Waals surface area contributed by atoms with Crippen molar-refractivity contribution in [3.05, 3.63) is 23.3 Å². The van der Waals surface area contributed by atoms with Crippen LogP contribution in [0.2, 0.25) is 0 Å². The zero-order chi connectivity index (χ0) is 15.2. The van der Waals surface area contributed by atoms with E-state index in [2.05, 4.69) is 35.9 Å². The molecular weight excluding hydrogens is 264 g/mol. The molecule has 0 atom stereocenters. The standard InChI is InChI=1S/C17H28N2O2/c1-14-12-16(20-3)17(21-4)13-15(14)6-5-7-19-10-8-18(2)9-11-19/h12-13H,5-11H2,1-4H3. The number of ether oxygens (including phenoxy) is 2. The average Bonchev–Trinajstić information content (AvgIpc) is 2.50. The van der Waals surface area contributed by atoms with Crippen LogP contribution in [0.3, 0.4) is 0 Å². The number of rotatable bonds is 6. The Balaban J connectivity index is 1.88. The van der Waals surface area contributed by atoms with Gasteiger partial charge >= 0.3 is 0 Å². The zero-order valence-electron chi connectivity index (χ0n) is 13.8. The molecular formula is C17H28N2O2. The molecule has 1 aromatic carbocycles. The zero-order valence-corrected chi connectivity index (χ0v) is 13.8. The second kappa shape index (κ2) is 7.66. The molecule has 2 rings (SSSR count). The SMILES string of the molecule is COc1cc(C)c(CCCN2CCN(C)CC2)cc1OC. The van der Waals surface area contributed by atoms with Crippen molar-refractivity contribution in [2.75, 3.05) is 54.0 Å². The van der Waals surface area contributed by atoms with E-state index in [-0.39, 0.29) is 0 Å². The number of methoxy groups -OCH3 is 2. The van der Waals surface area contributed by atoms with Crippen molar-refractivity contribution < 1.29 is 9.47 Å². The third kappa shape index (κ3) is 4.35. The van der Waals surface area contributed by atoms with E-state index in [1.807, 2.05) is 0 Å². The van der Waals surface area contributed by atoms with Crippen LogP contribution in [-0.4, -0.2) is 63.8 Å². The molecule has 0 N–H and O–H groups in total. The van der Waals surface area contributed by atoms with E-state index in [4.69, 9.17) is 9.47 Å². The predicted octanol–water partition coefficient (Wildman–Crippen LogP) is 2.19. The first-order valence-corrected chi connectivity index (χ1v) is 7.76. The molecule has 1 aromatic rings. The van der Waals surface area contributed by atoms with Gasteiger partial charge in [0.2, 0.25) is 0 Å². The number of aryl methyl sites for hydroxylation is 2. The van der Waals surface area contributed by atoms with Crippen molar-refractivity contribution in [3.63, 3.8) is 0 Å². The Bertz CT molecular complexity index is 454. The topological polar surface area (TPSA) is 24.9 Å². The van der Waals surface area contributed by atoms with E-state index in [1.165, 1.54) is 50.3 Å². The molecule has 0 radical (unpaired) electrons. The molecule has 21 heavy (non-hydrogen) atoms. The van der Waals surface area contributed by atoms with Crippen molar-refractivity contribution in [1.82, 2.24) is 9.80 Å². The first-order chi connectivity index (χ1) is 10.1. The highest BCUT2D eigenvalue weighted by Gasteiger charge is 2.13. The first-order valence-electron chi connectivity index (χ1n) is 7.76. The third-order valence-electron chi connectivity index (χ3n) is 4.36. The number of nitrogens with zero attached hydrogens (tertiary/aromatic N) is 2. The van der Waals surface area contributed by atoms with Crippen LogP contribution in [0.1, 0.15) is 17.5 Å². The Hall–Kier alpha value is -1.26. The first kappa shape index (κ1) is 16.1.